The second kappa shape index (κ2) is 9.49. The van der Waals surface area contributed by atoms with Crippen LogP contribution in [0.25, 0.3) is 10.9 Å². The van der Waals surface area contributed by atoms with Crippen LogP contribution in [0.15, 0.2) is 36.7 Å². The van der Waals surface area contributed by atoms with Crippen molar-refractivity contribution in [2.45, 2.75) is 57.2 Å². The Morgan fingerprint density at radius 3 is 2.90 bits per heavy atom. The lowest BCUT2D eigenvalue weighted by Gasteiger charge is -2.32. The molecule has 1 aliphatic heterocycles. The summed E-state index contributed by atoms with van der Waals surface area (Å²) in [6.07, 6.45) is 8.22. The number of piperidine rings is 1. The topological polar surface area (TPSA) is 61.0 Å². The first-order chi connectivity index (χ1) is 15.0. The van der Waals surface area contributed by atoms with Crippen LogP contribution < -0.4 is 5.32 Å². The molecule has 0 bridgehead atoms. The maximum Gasteiger partial charge on any atom is 0.263 e. The average molecular weight is 443 g/mol. The lowest BCUT2D eigenvalue weighted by atomic mass is 9.94. The summed E-state index contributed by atoms with van der Waals surface area (Å²) in [6, 6.07) is 8.25. The number of carbonyl (C=O) groups excluding carboxylic acids is 1. The maximum atomic E-state index is 15.4. The number of aromatic nitrogens is 2. The van der Waals surface area contributed by atoms with Gasteiger partial charge in [-0.2, -0.15) is 0 Å². The molecule has 2 aromatic heterocycles. The third-order valence-corrected chi connectivity index (χ3v) is 7.45. The van der Waals surface area contributed by atoms with Gasteiger partial charge in [-0.15, -0.1) is 11.3 Å². The highest BCUT2D eigenvalue weighted by Gasteiger charge is 2.38. The van der Waals surface area contributed by atoms with E-state index < -0.39 is 5.67 Å². The van der Waals surface area contributed by atoms with Crippen LogP contribution in [0.5, 0.6) is 0 Å². The van der Waals surface area contributed by atoms with E-state index in [0.717, 1.165) is 31.2 Å². The molecule has 1 aliphatic rings. The third kappa shape index (κ3) is 4.99. The molecule has 1 unspecified atom stereocenters. The Kier molecular flexibility index (Phi) is 6.72. The first kappa shape index (κ1) is 22.0. The molecular formula is C24H31FN4OS. The Bertz CT molecular complexity index is 1020. The summed E-state index contributed by atoms with van der Waals surface area (Å²) in [7, 11) is 2.00. The quantitative estimate of drug-likeness (QED) is 0.513. The predicted octanol–water partition coefficient (Wildman–Crippen LogP) is 5.05. The van der Waals surface area contributed by atoms with Crippen LogP contribution >= 0.6 is 11.3 Å². The zero-order valence-electron chi connectivity index (χ0n) is 18.3. The van der Waals surface area contributed by atoms with Crippen LogP contribution in [-0.4, -0.2) is 47.0 Å². The number of halogens is 1. The summed E-state index contributed by atoms with van der Waals surface area (Å²) in [5.74, 6) is -0.152. The van der Waals surface area contributed by atoms with E-state index in [2.05, 4.69) is 39.2 Å². The van der Waals surface area contributed by atoms with E-state index >= 15 is 4.39 Å². The van der Waals surface area contributed by atoms with Gasteiger partial charge >= 0.3 is 0 Å². The first-order valence-electron chi connectivity index (χ1n) is 11.2. The Labute approximate surface area is 187 Å². The summed E-state index contributed by atoms with van der Waals surface area (Å²) in [4.78, 5) is 23.2. The van der Waals surface area contributed by atoms with E-state index in [4.69, 9.17) is 0 Å². The number of aromatic amines is 1. The molecule has 1 atom stereocenters. The van der Waals surface area contributed by atoms with E-state index in [1.807, 2.05) is 25.4 Å². The maximum absolute atomic E-state index is 15.4. The van der Waals surface area contributed by atoms with E-state index in [1.54, 1.807) is 0 Å². The van der Waals surface area contributed by atoms with Crippen molar-refractivity contribution in [3.8, 4) is 0 Å². The van der Waals surface area contributed by atoms with Crippen molar-refractivity contribution >= 4 is 28.1 Å². The van der Waals surface area contributed by atoms with Gasteiger partial charge in [-0.05, 0) is 31.5 Å². The fourth-order valence-corrected chi connectivity index (χ4v) is 5.23. The number of benzene rings is 1. The van der Waals surface area contributed by atoms with Gasteiger partial charge in [0.05, 0.1) is 6.20 Å². The fourth-order valence-electron chi connectivity index (χ4n) is 4.27. The number of likely N-dealkylation sites (tertiary alicyclic amines) is 1. The van der Waals surface area contributed by atoms with Gasteiger partial charge in [0.1, 0.15) is 9.88 Å². The highest BCUT2D eigenvalue weighted by Crippen LogP contribution is 2.38. The number of H-pyrrole nitrogens is 1. The van der Waals surface area contributed by atoms with Gasteiger partial charge in [0, 0.05) is 49.1 Å². The molecule has 1 saturated heterocycles. The van der Waals surface area contributed by atoms with Crippen molar-refractivity contribution in [2.24, 2.45) is 0 Å². The van der Waals surface area contributed by atoms with Crippen molar-refractivity contribution in [3.05, 3.63) is 52.1 Å². The highest BCUT2D eigenvalue weighted by molar-refractivity contribution is 7.13. The number of rotatable bonds is 8. The molecule has 2 N–H and O–H groups in total. The minimum absolute atomic E-state index is 0.0277. The van der Waals surface area contributed by atoms with Gasteiger partial charge in [-0.1, -0.05) is 38.0 Å². The Morgan fingerprint density at radius 2 is 2.13 bits per heavy atom. The van der Waals surface area contributed by atoms with Crippen molar-refractivity contribution < 1.29 is 9.18 Å². The van der Waals surface area contributed by atoms with Gasteiger partial charge in [0.2, 0.25) is 0 Å². The van der Waals surface area contributed by atoms with Crippen molar-refractivity contribution in [1.82, 2.24) is 20.2 Å². The molecule has 4 rings (SSSR count). The molecule has 31 heavy (non-hydrogen) atoms. The van der Waals surface area contributed by atoms with Crippen LogP contribution in [0.2, 0.25) is 0 Å². The zero-order chi connectivity index (χ0) is 21.8. The second-order valence-corrected chi connectivity index (χ2v) is 9.71. The van der Waals surface area contributed by atoms with Crippen molar-refractivity contribution in [3.63, 3.8) is 0 Å². The fraction of sp³-hybridized carbons (Fsp3) is 0.500. The Hall–Kier alpha value is -2.25. The number of unbranched alkanes of at least 4 members (excludes halogenated alkanes) is 1. The molecule has 3 aromatic rings. The summed E-state index contributed by atoms with van der Waals surface area (Å²) in [5, 5.41) is 4.83. The van der Waals surface area contributed by atoms with Gasteiger partial charge < -0.3 is 15.2 Å². The van der Waals surface area contributed by atoms with Crippen LogP contribution in [0.3, 0.4) is 0 Å². The number of nitrogens with zero attached hydrogens (tertiary/aromatic N) is 2. The molecule has 1 aromatic carbocycles. The third-order valence-electron chi connectivity index (χ3n) is 6.27. The minimum Gasteiger partial charge on any atom is -0.361 e. The van der Waals surface area contributed by atoms with Gasteiger partial charge in [0.25, 0.3) is 5.91 Å². The summed E-state index contributed by atoms with van der Waals surface area (Å²) >= 11 is 1.20. The largest absolute Gasteiger partial charge is 0.361 e. The van der Waals surface area contributed by atoms with Crippen LogP contribution in [-0.2, 0) is 12.1 Å². The van der Waals surface area contributed by atoms with E-state index in [1.165, 1.54) is 28.5 Å². The molecule has 7 heteroatoms. The molecule has 3 heterocycles. The normalized spacial score (nSPS) is 17.6. The molecule has 5 nitrogen and oxygen atoms in total. The number of nitrogens with one attached hydrogen (secondary N) is 2. The molecule has 166 valence electrons. The number of hydrogen-bond donors (Lipinski definition) is 2. The number of carbonyl (C=O) groups is 1. The molecule has 0 radical (unpaired) electrons. The Balaban J connectivity index is 1.46. The number of amides is 1. The lowest BCUT2D eigenvalue weighted by Crippen LogP contribution is -2.38. The standard InChI is InChI=1S/C24H31FN4OS/c1-3-4-7-18(14-17-15-26-20-9-6-5-8-19(17)20)28-22(30)21-16-27-23(31-21)24(25)10-12-29(2)13-11-24/h5-6,8-9,15-16,18,26H,3-4,7,10-14H2,1-2H3,(H,28,30). The van der Waals surface area contributed by atoms with Gasteiger partial charge in [-0.25, -0.2) is 9.37 Å². The Morgan fingerprint density at radius 1 is 1.35 bits per heavy atom. The zero-order valence-corrected chi connectivity index (χ0v) is 19.1. The molecule has 0 saturated carbocycles. The van der Waals surface area contributed by atoms with Gasteiger partial charge in [0.15, 0.2) is 5.67 Å². The second-order valence-electron chi connectivity index (χ2n) is 8.67. The molecule has 1 fully saturated rings. The first-order valence-corrected chi connectivity index (χ1v) is 12.0. The summed E-state index contributed by atoms with van der Waals surface area (Å²) in [6.45, 7) is 3.57. The van der Waals surface area contributed by atoms with Crippen LogP contribution in [0.1, 0.15) is 59.3 Å². The average Bonchev–Trinajstić information content (AvgIpc) is 3.43. The van der Waals surface area contributed by atoms with Gasteiger partial charge in [-0.3, -0.25) is 4.79 Å². The predicted molar refractivity (Wildman–Crippen MR) is 124 cm³/mol. The highest BCUT2D eigenvalue weighted by atomic mass is 32.1. The molecule has 0 spiro atoms. The minimum atomic E-state index is -1.42. The summed E-state index contributed by atoms with van der Waals surface area (Å²) < 4.78 is 15.4. The number of para-hydroxylation sites is 1. The van der Waals surface area contributed by atoms with Crippen LogP contribution in [0, 0.1) is 0 Å². The lowest BCUT2D eigenvalue weighted by molar-refractivity contribution is 0.0671. The number of thiazole rings is 1. The SMILES string of the molecule is CCCCC(Cc1c[nH]c2ccccc12)NC(=O)c1cnc(C2(F)CCN(C)CC2)s1. The van der Waals surface area contributed by atoms with Crippen molar-refractivity contribution in [2.75, 3.05) is 20.1 Å². The van der Waals surface area contributed by atoms with E-state index in [9.17, 15) is 4.79 Å². The van der Waals surface area contributed by atoms with Crippen molar-refractivity contribution in [1.29, 1.82) is 0 Å². The molecule has 1 amide bonds. The molecule has 0 aliphatic carbocycles. The van der Waals surface area contributed by atoms with E-state index in [0.29, 0.717) is 35.8 Å². The number of hydrogen-bond acceptors (Lipinski definition) is 4. The number of alkyl halides is 1. The van der Waals surface area contributed by atoms with Crippen LogP contribution in [0.4, 0.5) is 4.39 Å². The smallest absolute Gasteiger partial charge is 0.263 e. The molecular weight excluding hydrogens is 411 g/mol. The number of fused-ring (bicyclic) bond motifs is 1. The monoisotopic (exact) mass is 442 g/mol. The summed E-state index contributed by atoms with van der Waals surface area (Å²) in [5.41, 5.74) is 0.897. The van der Waals surface area contributed by atoms with E-state index in [-0.39, 0.29) is 11.9 Å².